The van der Waals surface area contributed by atoms with Gasteiger partial charge in [0.2, 0.25) is 0 Å². The monoisotopic (exact) mass is 179 g/mol. The Bertz CT molecular complexity index is 187. The molecule has 0 radical (unpaired) electrons. The lowest BCUT2D eigenvalue weighted by molar-refractivity contribution is 0.575. The van der Waals surface area contributed by atoms with Gasteiger partial charge in [0, 0.05) is 12.3 Å². The van der Waals surface area contributed by atoms with Crippen molar-refractivity contribution in [1.82, 2.24) is 5.32 Å². The molecule has 0 aromatic heterocycles. The first kappa shape index (κ1) is 10.9. The van der Waals surface area contributed by atoms with Gasteiger partial charge in [-0.15, -0.1) is 0 Å². The number of sulfone groups is 1. The van der Waals surface area contributed by atoms with Crippen molar-refractivity contribution in [1.29, 1.82) is 0 Å². The van der Waals surface area contributed by atoms with Crippen LogP contribution in [0.4, 0.5) is 0 Å². The normalized spacial score (nSPS) is 14.8. The van der Waals surface area contributed by atoms with Crippen molar-refractivity contribution in [3.63, 3.8) is 0 Å². The molecule has 1 N–H and O–H groups in total. The number of nitrogens with one attached hydrogen (secondary N) is 1. The highest BCUT2D eigenvalue weighted by Gasteiger charge is 2.16. The first-order chi connectivity index (χ1) is 5.04. The lowest BCUT2D eigenvalue weighted by Crippen LogP contribution is -2.31. The van der Waals surface area contributed by atoms with Crippen LogP contribution in [0.3, 0.4) is 0 Å². The van der Waals surface area contributed by atoms with Crippen molar-refractivity contribution in [2.24, 2.45) is 0 Å². The van der Waals surface area contributed by atoms with E-state index in [0.29, 0.717) is 6.54 Å². The highest BCUT2D eigenvalue weighted by molar-refractivity contribution is 7.92. The molecule has 11 heavy (non-hydrogen) atoms. The van der Waals surface area contributed by atoms with Crippen LogP contribution in [0.1, 0.15) is 20.8 Å². The van der Waals surface area contributed by atoms with Crippen LogP contribution in [0.2, 0.25) is 0 Å². The fraction of sp³-hybridized carbons (Fsp3) is 1.00. The third-order valence-corrected chi connectivity index (χ3v) is 3.89. The molecule has 0 amide bonds. The van der Waals surface area contributed by atoms with Crippen LogP contribution in [0.5, 0.6) is 0 Å². The van der Waals surface area contributed by atoms with Gasteiger partial charge in [-0.1, -0.05) is 13.8 Å². The second-order valence-corrected chi connectivity index (χ2v) is 5.28. The van der Waals surface area contributed by atoms with Crippen LogP contribution in [0, 0.1) is 0 Å². The summed E-state index contributed by atoms with van der Waals surface area (Å²) < 4.78 is 22.3. The van der Waals surface area contributed by atoms with Gasteiger partial charge in [0.05, 0.1) is 5.25 Å². The Morgan fingerprint density at radius 1 is 1.36 bits per heavy atom. The second kappa shape index (κ2) is 4.72. The van der Waals surface area contributed by atoms with Crippen molar-refractivity contribution in [3.8, 4) is 0 Å². The van der Waals surface area contributed by atoms with E-state index in [2.05, 4.69) is 5.32 Å². The highest BCUT2D eigenvalue weighted by Crippen LogP contribution is 1.99. The molecule has 0 spiro atoms. The van der Waals surface area contributed by atoms with E-state index in [1.807, 2.05) is 6.92 Å². The molecular weight excluding hydrogens is 162 g/mol. The fourth-order valence-electron chi connectivity index (χ4n) is 0.759. The summed E-state index contributed by atoms with van der Waals surface area (Å²) >= 11 is 0. The molecule has 1 unspecified atom stereocenters. The van der Waals surface area contributed by atoms with Crippen LogP contribution in [0.15, 0.2) is 0 Å². The van der Waals surface area contributed by atoms with Crippen molar-refractivity contribution in [3.05, 3.63) is 0 Å². The largest absolute Gasteiger partial charge is 0.316 e. The van der Waals surface area contributed by atoms with E-state index < -0.39 is 9.84 Å². The number of rotatable bonds is 5. The number of hydrogen-bond acceptors (Lipinski definition) is 3. The summed E-state index contributed by atoms with van der Waals surface area (Å²) in [7, 11) is -2.83. The van der Waals surface area contributed by atoms with Gasteiger partial charge in [-0.25, -0.2) is 8.42 Å². The molecule has 68 valence electrons. The quantitative estimate of drug-likeness (QED) is 0.665. The standard InChI is InChI=1S/C7H17NO2S/c1-4-8-6-7(3)11(9,10)5-2/h7-8H,4-6H2,1-3H3. The van der Waals surface area contributed by atoms with E-state index >= 15 is 0 Å². The summed E-state index contributed by atoms with van der Waals surface area (Å²) in [6.07, 6.45) is 0. The van der Waals surface area contributed by atoms with E-state index in [9.17, 15) is 8.42 Å². The van der Waals surface area contributed by atoms with Gasteiger partial charge in [0.1, 0.15) is 0 Å². The average molecular weight is 179 g/mol. The highest BCUT2D eigenvalue weighted by atomic mass is 32.2. The SMILES string of the molecule is CCNCC(C)S(=O)(=O)CC. The van der Waals surface area contributed by atoms with Gasteiger partial charge in [-0.05, 0) is 13.5 Å². The summed E-state index contributed by atoms with van der Waals surface area (Å²) in [5, 5.41) is 2.75. The van der Waals surface area contributed by atoms with Crippen LogP contribution in [-0.4, -0.2) is 32.5 Å². The lowest BCUT2D eigenvalue weighted by Gasteiger charge is -2.10. The molecule has 0 heterocycles. The molecular formula is C7H17NO2S. The van der Waals surface area contributed by atoms with Crippen LogP contribution in [0.25, 0.3) is 0 Å². The van der Waals surface area contributed by atoms with Crippen molar-refractivity contribution in [2.45, 2.75) is 26.0 Å². The minimum atomic E-state index is -2.83. The molecule has 4 heteroatoms. The van der Waals surface area contributed by atoms with Gasteiger partial charge < -0.3 is 5.32 Å². The summed E-state index contributed by atoms with van der Waals surface area (Å²) in [6, 6.07) is 0. The Morgan fingerprint density at radius 2 is 1.91 bits per heavy atom. The summed E-state index contributed by atoms with van der Waals surface area (Å²) in [6.45, 7) is 6.76. The van der Waals surface area contributed by atoms with E-state index in [0.717, 1.165) is 6.54 Å². The van der Waals surface area contributed by atoms with Gasteiger partial charge in [-0.2, -0.15) is 0 Å². The Labute approximate surface area is 69.1 Å². The molecule has 0 aliphatic carbocycles. The fourth-order valence-corrected chi connectivity index (χ4v) is 1.70. The molecule has 3 nitrogen and oxygen atoms in total. The minimum Gasteiger partial charge on any atom is -0.316 e. The molecule has 0 rings (SSSR count). The third-order valence-electron chi connectivity index (χ3n) is 1.70. The summed E-state index contributed by atoms with van der Waals surface area (Å²) in [4.78, 5) is 0. The first-order valence-electron chi connectivity index (χ1n) is 3.96. The Morgan fingerprint density at radius 3 is 2.27 bits per heavy atom. The minimum absolute atomic E-state index is 0.236. The lowest BCUT2D eigenvalue weighted by atomic mass is 10.5. The zero-order valence-corrected chi connectivity index (χ0v) is 8.24. The van der Waals surface area contributed by atoms with Gasteiger partial charge in [-0.3, -0.25) is 0 Å². The molecule has 0 aromatic carbocycles. The number of hydrogen-bond donors (Lipinski definition) is 1. The molecule has 1 atom stereocenters. The Hall–Kier alpha value is -0.0900. The van der Waals surface area contributed by atoms with Crippen molar-refractivity contribution >= 4 is 9.84 Å². The maximum atomic E-state index is 11.2. The average Bonchev–Trinajstić information content (AvgIpc) is 2.00. The summed E-state index contributed by atoms with van der Waals surface area (Å²) in [5.41, 5.74) is 0. The van der Waals surface area contributed by atoms with Crippen LogP contribution >= 0.6 is 0 Å². The maximum Gasteiger partial charge on any atom is 0.153 e. The molecule has 0 fully saturated rings. The van der Waals surface area contributed by atoms with E-state index in [1.165, 1.54) is 0 Å². The van der Waals surface area contributed by atoms with Crippen LogP contribution in [-0.2, 0) is 9.84 Å². The molecule has 0 bridgehead atoms. The van der Waals surface area contributed by atoms with Gasteiger partial charge in [0.25, 0.3) is 0 Å². The maximum absolute atomic E-state index is 11.2. The topological polar surface area (TPSA) is 46.2 Å². The van der Waals surface area contributed by atoms with Gasteiger partial charge in [0.15, 0.2) is 9.84 Å². The van der Waals surface area contributed by atoms with Crippen molar-refractivity contribution < 1.29 is 8.42 Å². The molecule has 0 saturated heterocycles. The molecule has 0 aliphatic heterocycles. The van der Waals surface area contributed by atoms with Crippen LogP contribution < -0.4 is 5.32 Å². The molecule has 0 aromatic rings. The van der Waals surface area contributed by atoms with Gasteiger partial charge >= 0.3 is 0 Å². The van der Waals surface area contributed by atoms with E-state index in [4.69, 9.17) is 0 Å². The van der Waals surface area contributed by atoms with E-state index in [1.54, 1.807) is 13.8 Å². The third kappa shape index (κ3) is 3.72. The Balaban J connectivity index is 3.93. The zero-order valence-electron chi connectivity index (χ0n) is 7.42. The second-order valence-electron chi connectivity index (χ2n) is 2.57. The zero-order chi connectivity index (χ0) is 8.91. The predicted molar refractivity (Wildman–Crippen MR) is 47.5 cm³/mol. The smallest absolute Gasteiger partial charge is 0.153 e. The van der Waals surface area contributed by atoms with E-state index in [-0.39, 0.29) is 11.0 Å². The first-order valence-corrected chi connectivity index (χ1v) is 5.68. The predicted octanol–water partition coefficient (Wildman–Crippen LogP) is 0.419. The molecule has 0 aliphatic rings. The Kier molecular flexibility index (Phi) is 4.68. The van der Waals surface area contributed by atoms with Crippen molar-refractivity contribution in [2.75, 3.05) is 18.8 Å². The summed E-state index contributed by atoms with van der Waals surface area (Å²) in [5.74, 6) is 0.236. The molecule has 0 saturated carbocycles.